The Morgan fingerprint density at radius 3 is 1.33 bits per heavy atom. The number of unbranched alkanes of at least 4 members (excludes halogenated alkanes) is 2. The highest BCUT2D eigenvalue weighted by atomic mass is 16.2. The van der Waals surface area contributed by atoms with E-state index in [9.17, 15) is 14.4 Å². The van der Waals surface area contributed by atoms with Gasteiger partial charge < -0.3 is 10.6 Å². The third-order valence-electron chi connectivity index (χ3n) is 2.78. The van der Waals surface area contributed by atoms with E-state index in [1.165, 1.54) is 0 Å². The van der Waals surface area contributed by atoms with Gasteiger partial charge in [-0.3, -0.25) is 14.4 Å². The Morgan fingerprint density at radius 2 is 1.00 bits per heavy atom. The van der Waals surface area contributed by atoms with Crippen molar-refractivity contribution in [2.24, 2.45) is 0 Å². The van der Waals surface area contributed by atoms with Gasteiger partial charge in [-0.05, 0) is 25.7 Å². The number of rotatable bonds is 10. The SMILES string of the molecule is CNC(=O)CCCCC(=O)CCCCC(=O)NC. The number of amides is 2. The van der Waals surface area contributed by atoms with Crippen LogP contribution < -0.4 is 10.6 Å². The van der Waals surface area contributed by atoms with E-state index >= 15 is 0 Å². The van der Waals surface area contributed by atoms with Gasteiger partial charge in [0.2, 0.25) is 11.8 Å². The lowest BCUT2D eigenvalue weighted by atomic mass is 10.1. The first-order valence-corrected chi connectivity index (χ1v) is 6.53. The normalized spacial score (nSPS) is 9.89. The summed E-state index contributed by atoms with van der Waals surface area (Å²) in [5, 5.41) is 5.10. The van der Waals surface area contributed by atoms with Crippen molar-refractivity contribution in [1.29, 1.82) is 0 Å². The highest BCUT2D eigenvalue weighted by molar-refractivity contribution is 5.79. The van der Waals surface area contributed by atoms with Gasteiger partial charge >= 0.3 is 0 Å². The van der Waals surface area contributed by atoms with Gasteiger partial charge in [0.15, 0.2) is 0 Å². The topological polar surface area (TPSA) is 75.3 Å². The van der Waals surface area contributed by atoms with Crippen LogP contribution in [0.1, 0.15) is 51.4 Å². The maximum absolute atomic E-state index is 11.5. The summed E-state index contributed by atoms with van der Waals surface area (Å²) >= 11 is 0. The summed E-state index contributed by atoms with van der Waals surface area (Å²) in [4.78, 5) is 33.3. The number of nitrogens with one attached hydrogen (secondary N) is 2. The molecular formula is C13H24N2O3. The summed E-state index contributed by atoms with van der Waals surface area (Å²) in [7, 11) is 3.22. The van der Waals surface area contributed by atoms with E-state index in [0.29, 0.717) is 25.7 Å². The molecule has 0 radical (unpaired) electrons. The van der Waals surface area contributed by atoms with Gasteiger partial charge in [-0.25, -0.2) is 0 Å². The molecule has 0 spiro atoms. The number of ketones is 1. The minimum atomic E-state index is 0.0213. The largest absolute Gasteiger partial charge is 0.359 e. The van der Waals surface area contributed by atoms with Crippen molar-refractivity contribution in [1.82, 2.24) is 10.6 Å². The molecule has 0 aromatic rings. The third-order valence-corrected chi connectivity index (χ3v) is 2.78. The highest BCUT2D eigenvalue weighted by Gasteiger charge is 2.04. The van der Waals surface area contributed by atoms with Gasteiger partial charge in [0.1, 0.15) is 5.78 Å². The lowest BCUT2D eigenvalue weighted by Gasteiger charge is -2.02. The van der Waals surface area contributed by atoms with E-state index in [1.54, 1.807) is 14.1 Å². The second-order valence-electron chi connectivity index (χ2n) is 4.30. The highest BCUT2D eigenvalue weighted by Crippen LogP contribution is 2.06. The second-order valence-corrected chi connectivity index (χ2v) is 4.30. The number of hydrogen-bond acceptors (Lipinski definition) is 3. The zero-order valence-electron chi connectivity index (χ0n) is 11.4. The summed E-state index contributed by atoms with van der Waals surface area (Å²) < 4.78 is 0. The molecule has 0 aliphatic heterocycles. The van der Waals surface area contributed by atoms with Gasteiger partial charge in [0, 0.05) is 39.8 Å². The molecule has 0 aromatic heterocycles. The molecule has 0 aliphatic carbocycles. The quantitative estimate of drug-likeness (QED) is 0.576. The molecule has 0 rings (SSSR count). The fourth-order valence-corrected chi connectivity index (χ4v) is 1.59. The molecule has 18 heavy (non-hydrogen) atoms. The summed E-state index contributed by atoms with van der Waals surface area (Å²) in [5.41, 5.74) is 0. The summed E-state index contributed by atoms with van der Waals surface area (Å²) in [6.45, 7) is 0. The molecule has 5 heteroatoms. The first-order valence-electron chi connectivity index (χ1n) is 6.53. The van der Waals surface area contributed by atoms with Crippen molar-refractivity contribution < 1.29 is 14.4 Å². The smallest absolute Gasteiger partial charge is 0.219 e. The number of Topliss-reactive ketones (excluding diaryl/α,β-unsaturated/α-hetero) is 1. The first kappa shape index (κ1) is 16.6. The van der Waals surface area contributed by atoms with Crippen molar-refractivity contribution in [2.45, 2.75) is 51.4 Å². The molecule has 0 bridgehead atoms. The monoisotopic (exact) mass is 256 g/mol. The zero-order valence-corrected chi connectivity index (χ0v) is 11.4. The van der Waals surface area contributed by atoms with Crippen molar-refractivity contribution in [3.05, 3.63) is 0 Å². The predicted molar refractivity (Wildman–Crippen MR) is 70.1 cm³/mol. The predicted octanol–water partition coefficient (Wildman–Crippen LogP) is 1.17. The van der Waals surface area contributed by atoms with E-state index in [0.717, 1.165) is 25.7 Å². The average Bonchev–Trinajstić information content (AvgIpc) is 2.38. The van der Waals surface area contributed by atoms with Crippen LogP contribution >= 0.6 is 0 Å². The molecule has 0 unspecified atom stereocenters. The zero-order chi connectivity index (χ0) is 13.8. The van der Waals surface area contributed by atoms with Crippen LogP contribution in [-0.4, -0.2) is 31.7 Å². The molecule has 0 heterocycles. The number of carbonyl (C=O) groups excluding carboxylic acids is 3. The van der Waals surface area contributed by atoms with Crippen LogP contribution in [0.5, 0.6) is 0 Å². The molecule has 0 atom stereocenters. The molecule has 0 aliphatic rings. The molecule has 0 fully saturated rings. The molecule has 0 saturated carbocycles. The van der Waals surface area contributed by atoms with Crippen LogP contribution in [0.3, 0.4) is 0 Å². The van der Waals surface area contributed by atoms with E-state index in [2.05, 4.69) is 10.6 Å². The fourth-order valence-electron chi connectivity index (χ4n) is 1.59. The van der Waals surface area contributed by atoms with Gasteiger partial charge in [0.05, 0.1) is 0 Å². The molecule has 0 aromatic carbocycles. The molecule has 104 valence electrons. The van der Waals surface area contributed by atoms with Crippen LogP contribution in [-0.2, 0) is 14.4 Å². The molecule has 2 N–H and O–H groups in total. The van der Waals surface area contributed by atoms with Gasteiger partial charge in [0.25, 0.3) is 0 Å². The minimum Gasteiger partial charge on any atom is -0.359 e. The van der Waals surface area contributed by atoms with Gasteiger partial charge in [-0.2, -0.15) is 0 Å². The van der Waals surface area contributed by atoms with E-state index in [-0.39, 0.29) is 17.6 Å². The Hall–Kier alpha value is -1.39. The average molecular weight is 256 g/mol. The number of carbonyl (C=O) groups is 3. The van der Waals surface area contributed by atoms with Crippen LogP contribution in [0, 0.1) is 0 Å². The summed E-state index contributed by atoms with van der Waals surface area (Å²) in [6, 6.07) is 0. The second kappa shape index (κ2) is 10.7. The molecule has 2 amide bonds. The Morgan fingerprint density at radius 1 is 0.667 bits per heavy atom. The maximum atomic E-state index is 11.5. The van der Waals surface area contributed by atoms with Crippen molar-refractivity contribution in [3.8, 4) is 0 Å². The van der Waals surface area contributed by atoms with Crippen molar-refractivity contribution in [3.63, 3.8) is 0 Å². The van der Waals surface area contributed by atoms with Gasteiger partial charge in [-0.1, -0.05) is 0 Å². The Labute approximate surface area is 109 Å². The fraction of sp³-hybridized carbons (Fsp3) is 0.769. The van der Waals surface area contributed by atoms with Crippen LogP contribution in [0.4, 0.5) is 0 Å². The first-order chi connectivity index (χ1) is 8.60. The molecule has 5 nitrogen and oxygen atoms in total. The van der Waals surface area contributed by atoms with E-state index in [4.69, 9.17) is 0 Å². The summed E-state index contributed by atoms with van der Waals surface area (Å²) in [5.74, 6) is 0.268. The van der Waals surface area contributed by atoms with E-state index < -0.39 is 0 Å². The minimum absolute atomic E-state index is 0.0213. The summed E-state index contributed by atoms with van der Waals surface area (Å²) in [6.07, 6.45) is 5.09. The standard InChI is InChI=1S/C13H24N2O3/c1-14-12(17)9-5-3-7-11(16)8-4-6-10-13(18)15-2/h3-10H2,1-2H3,(H,14,17)(H,15,18). The Kier molecular flexibility index (Phi) is 9.91. The Bertz CT molecular complexity index is 251. The van der Waals surface area contributed by atoms with Crippen LogP contribution in [0.2, 0.25) is 0 Å². The third kappa shape index (κ3) is 9.81. The lowest BCUT2D eigenvalue weighted by molar-refractivity contribution is -0.122. The number of hydrogen-bond donors (Lipinski definition) is 2. The molecule has 0 saturated heterocycles. The van der Waals surface area contributed by atoms with Crippen LogP contribution in [0.15, 0.2) is 0 Å². The van der Waals surface area contributed by atoms with Crippen molar-refractivity contribution >= 4 is 17.6 Å². The Balaban J connectivity index is 3.38. The van der Waals surface area contributed by atoms with E-state index in [1.807, 2.05) is 0 Å². The maximum Gasteiger partial charge on any atom is 0.219 e. The molecular weight excluding hydrogens is 232 g/mol. The lowest BCUT2D eigenvalue weighted by Crippen LogP contribution is -2.17. The van der Waals surface area contributed by atoms with Crippen LogP contribution in [0.25, 0.3) is 0 Å². The van der Waals surface area contributed by atoms with Gasteiger partial charge in [-0.15, -0.1) is 0 Å². The van der Waals surface area contributed by atoms with Crippen molar-refractivity contribution in [2.75, 3.05) is 14.1 Å².